The number of hydrogen-bond donors (Lipinski definition) is 1. The number of nitrogens with one attached hydrogen (secondary N) is 1. The second kappa shape index (κ2) is 7.45. The molecule has 5 heteroatoms. The number of carbonyl (C=O) groups is 1. The van der Waals surface area contributed by atoms with E-state index in [1.54, 1.807) is 7.11 Å². The third kappa shape index (κ3) is 4.35. The lowest BCUT2D eigenvalue weighted by Gasteiger charge is -2.05. The maximum absolute atomic E-state index is 11.8. The third-order valence-electron chi connectivity index (χ3n) is 2.88. The topological polar surface area (TPSA) is 38.3 Å². The Hall–Kier alpha value is -1.33. The maximum atomic E-state index is 11.8. The molecule has 0 aliphatic carbocycles. The van der Waals surface area contributed by atoms with E-state index in [2.05, 4.69) is 33.4 Å². The number of thiophene rings is 1. The van der Waals surface area contributed by atoms with Gasteiger partial charge < -0.3 is 10.1 Å². The van der Waals surface area contributed by atoms with Crippen LogP contribution in [0.2, 0.25) is 0 Å². The first-order valence-electron chi connectivity index (χ1n) is 6.35. The van der Waals surface area contributed by atoms with E-state index in [1.807, 2.05) is 24.3 Å². The summed E-state index contributed by atoms with van der Waals surface area (Å²) in [5.41, 5.74) is 1.25. The lowest BCUT2D eigenvalue weighted by molar-refractivity contribution is 0.0957. The van der Waals surface area contributed by atoms with Gasteiger partial charge in [-0.1, -0.05) is 12.1 Å². The highest BCUT2D eigenvalue weighted by Gasteiger charge is 2.07. The normalized spacial score (nSPS) is 10.3. The number of rotatable bonds is 6. The van der Waals surface area contributed by atoms with E-state index < -0.39 is 0 Å². The standard InChI is InChI=1S/C15H16BrNO2S/c1-19-12-6-4-11(5-7-12)3-2-10-17-15(18)13-8-9-14(16)20-13/h4-9H,2-3,10H2,1H3,(H,17,18). The molecule has 0 saturated heterocycles. The van der Waals surface area contributed by atoms with Gasteiger partial charge in [0.2, 0.25) is 0 Å². The molecule has 0 unspecified atom stereocenters. The molecule has 0 radical (unpaired) electrons. The molecule has 1 aromatic heterocycles. The van der Waals surface area contributed by atoms with Gasteiger partial charge in [0.15, 0.2) is 0 Å². The summed E-state index contributed by atoms with van der Waals surface area (Å²) in [6.45, 7) is 0.681. The van der Waals surface area contributed by atoms with Crippen molar-refractivity contribution >= 4 is 33.2 Å². The van der Waals surface area contributed by atoms with Gasteiger partial charge in [-0.3, -0.25) is 4.79 Å². The number of ether oxygens (including phenoxy) is 1. The van der Waals surface area contributed by atoms with Crippen LogP contribution in [0.15, 0.2) is 40.2 Å². The molecule has 0 bridgehead atoms. The molecule has 1 amide bonds. The van der Waals surface area contributed by atoms with Crippen molar-refractivity contribution in [2.45, 2.75) is 12.8 Å². The van der Waals surface area contributed by atoms with Gasteiger partial charge >= 0.3 is 0 Å². The van der Waals surface area contributed by atoms with Gasteiger partial charge in [-0.25, -0.2) is 0 Å². The second-order valence-electron chi connectivity index (χ2n) is 4.31. The Bertz CT molecular complexity index is 566. The molecule has 0 aliphatic rings. The first-order chi connectivity index (χ1) is 9.69. The van der Waals surface area contributed by atoms with E-state index in [-0.39, 0.29) is 5.91 Å². The number of benzene rings is 1. The second-order valence-corrected chi connectivity index (χ2v) is 6.77. The molecular formula is C15H16BrNO2S. The molecule has 0 saturated carbocycles. The van der Waals surface area contributed by atoms with Crippen LogP contribution in [-0.2, 0) is 6.42 Å². The first kappa shape index (κ1) is 15.1. The monoisotopic (exact) mass is 353 g/mol. The molecule has 0 atom stereocenters. The molecule has 2 rings (SSSR count). The molecule has 3 nitrogen and oxygen atoms in total. The molecule has 0 fully saturated rings. The number of amides is 1. The van der Waals surface area contributed by atoms with E-state index in [9.17, 15) is 4.79 Å². The fourth-order valence-electron chi connectivity index (χ4n) is 1.81. The van der Waals surface area contributed by atoms with Crippen molar-refractivity contribution in [1.82, 2.24) is 5.32 Å². The first-order valence-corrected chi connectivity index (χ1v) is 7.96. The minimum Gasteiger partial charge on any atom is -0.497 e. The Morgan fingerprint density at radius 1 is 1.25 bits per heavy atom. The molecule has 1 heterocycles. The van der Waals surface area contributed by atoms with E-state index >= 15 is 0 Å². The van der Waals surface area contributed by atoms with Crippen LogP contribution in [0.3, 0.4) is 0 Å². The van der Waals surface area contributed by atoms with Crippen LogP contribution in [-0.4, -0.2) is 19.6 Å². The van der Waals surface area contributed by atoms with Crippen molar-refractivity contribution in [2.24, 2.45) is 0 Å². The van der Waals surface area contributed by atoms with Crippen LogP contribution in [0, 0.1) is 0 Å². The molecule has 0 spiro atoms. The molecular weight excluding hydrogens is 338 g/mol. The van der Waals surface area contributed by atoms with Crippen molar-refractivity contribution in [1.29, 1.82) is 0 Å². The average Bonchev–Trinajstić information content (AvgIpc) is 2.91. The number of aryl methyl sites for hydroxylation is 1. The molecule has 106 valence electrons. The highest BCUT2D eigenvalue weighted by molar-refractivity contribution is 9.11. The molecule has 1 aromatic carbocycles. The lowest BCUT2D eigenvalue weighted by Crippen LogP contribution is -2.23. The van der Waals surface area contributed by atoms with Gasteiger partial charge in [0.05, 0.1) is 15.8 Å². The van der Waals surface area contributed by atoms with Crippen molar-refractivity contribution < 1.29 is 9.53 Å². The molecule has 0 aliphatic heterocycles. The van der Waals surface area contributed by atoms with Crippen molar-refractivity contribution in [3.63, 3.8) is 0 Å². The summed E-state index contributed by atoms with van der Waals surface area (Å²) in [5.74, 6) is 0.862. The van der Waals surface area contributed by atoms with Gasteiger partial charge in [0.25, 0.3) is 5.91 Å². The highest BCUT2D eigenvalue weighted by atomic mass is 79.9. The fraction of sp³-hybridized carbons (Fsp3) is 0.267. The predicted molar refractivity (Wildman–Crippen MR) is 85.7 cm³/mol. The van der Waals surface area contributed by atoms with Crippen LogP contribution in [0.5, 0.6) is 5.75 Å². The SMILES string of the molecule is COc1ccc(CCCNC(=O)c2ccc(Br)s2)cc1. The van der Waals surface area contributed by atoms with Gasteiger partial charge in [0.1, 0.15) is 5.75 Å². The number of methoxy groups -OCH3 is 1. The van der Waals surface area contributed by atoms with E-state index in [1.165, 1.54) is 16.9 Å². The van der Waals surface area contributed by atoms with Crippen molar-refractivity contribution in [2.75, 3.05) is 13.7 Å². The summed E-state index contributed by atoms with van der Waals surface area (Å²) in [4.78, 5) is 12.6. The maximum Gasteiger partial charge on any atom is 0.261 e. The zero-order valence-electron chi connectivity index (χ0n) is 11.2. The van der Waals surface area contributed by atoms with E-state index in [0.29, 0.717) is 6.54 Å². The highest BCUT2D eigenvalue weighted by Crippen LogP contribution is 2.21. The summed E-state index contributed by atoms with van der Waals surface area (Å²) in [7, 11) is 1.66. The number of hydrogen-bond acceptors (Lipinski definition) is 3. The van der Waals surface area contributed by atoms with Crippen LogP contribution in [0.1, 0.15) is 21.7 Å². The fourth-order valence-corrected chi connectivity index (χ4v) is 3.11. The Kier molecular flexibility index (Phi) is 5.61. The predicted octanol–water partition coefficient (Wildman–Crippen LogP) is 3.88. The Morgan fingerprint density at radius 2 is 2.00 bits per heavy atom. The zero-order chi connectivity index (χ0) is 14.4. The minimum absolute atomic E-state index is 0.00423. The Balaban J connectivity index is 1.72. The minimum atomic E-state index is -0.00423. The van der Waals surface area contributed by atoms with Gasteiger partial charge in [-0.2, -0.15) is 0 Å². The average molecular weight is 354 g/mol. The van der Waals surface area contributed by atoms with E-state index in [4.69, 9.17) is 4.74 Å². The van der Waals surface area contributed by atoms with Gasteiger partial charge in [-0.15, -0.1) is 11.3 Å². The van der Waals surface area contributed by atoms with Crippen LogP contribution >= 0.6 is 27.3 Å². The summed E-state index contributed by atoms with van der Waals surface area (Å²) in [5, 5.41) is 2.93. The summed E-state index contributed by atoms with van der Waals surface area (Å²) in [6.07, 6.45) is 1.86. The largest absolute Gasteiger partial charge is 0.497 e. The zero-order valence-corrected chi connectivity index (χ0v) is 13.6. The smallest absolute Gasteiger partial charge is 0.261 e. The molecule has 1 N–H and O–H groups in total. The van der Waals surface area contributed by atoms with Crippen molar-refractivity contribution in [3.05, 3.63) is 50.6 Å². The summed E-state index contributed by atoms with van der Waals surface area (Å²) in [6, 6.07) is 11.7. The van der Waals surface area contributed by atoms with Gasteiger partial charge in [-0.05, 0) is 58.6 Å². The quantitative estimate of drug-likeness (QED) is 0.800. The van der Waals surface area contributed by atoms with E-state index in [0.717, 1.165) is 27.3 Å². The summed E-state index contributed by atoms with van der Waals surface area (Å²) >= 11 is 4.80. The lowest BCUT2D eigenvalue weighted by atomic mass is 10.1. The van der Waals surface area contributed by atoms with Gasteiger partial charge in [0, 0.05) is 6.54 Å². The molecule has 20 heavy (non-hydrogen) atoms. The third-order valence-corrected chi connectivity index (χ3v) is 4.51. The number of carbonyl (C=O) groups excluding carboxylic acids is 1. The Labute approximate surface area is 131 Å². The van der Waals surface area contributed by atoms with Crippen molar-refractivity contribution in [3.8, 4) is 5.75 Å². The number of halogens is 1. The Morgan fingerprint density at radius 3 is 2.60 bits per heavy atom. The van der Waals surface area contributed by atoms with Crippen LogP contribution in [0.25, 0.3) is 0 Å². The van der Waals surface area contributed by atoms with Crippen LogP contribution in [0.4, 0.5) is 0 Å². The summed E-state index contributed by atoms with van der Waals surface area (Å²) < 4.78 is 6.09. The van der Waals surface area contributed by atoms with Crippen LogP contribution < -0.4 is 10.1 Å². The molecule has 2 aromatic rings.